The quantitative estimate of drug-likeness (QED) is 0.668. The fraction of sp³-hybridized carbons (Fsp3) is 0.333. The van der Waals surface area contributed by atoms with Crippen molar-refractivity contribution in [2.45, 2.75) is 41.9 Å². The van der Waals surface area contributed by atoms with E-state index in [-0.39, 0.29) is 0 Å². The highest BCUT2D eigenvalue weighted by molar-refractivity contribution is 7.99. The molecular formula is C21H25NO4S. The molecule has 0 unspecified atom stereocenters. The average molecular weight is 388 g/mol. The molecule has 1 fully saturated rings. The monoisotopic (exact) mass is 387 g/mol. The lowest BCUT2D eigenvalue weighted by Gasteiger charge is -2.24. The van der Waals surface area contributed by atoms with Crippen molar-refractivity contribution in [3.8, 4) is 0 Å². The molecule has 1 heterocycles. The number of carbonyl (C=O) groups is 2. The molecule has 0 aliphatic carbocycles. The number of benzene rings is 2. The summed E-state index contributed by atoms with van der Waals surface area (Å²) in [7, 11) is 0. The summed E-state index contributed by atoms with van der Waals surface area (Å²) < 4.78 is 0. The molecule has 144 valence electrons. The second kappa shape index (κ2) is 10.7. The van der Waals surface area contributed by atoms with Crippen LogP contribution in [0.3, 0.4) is 0 Å². The van der Waals surface area contributed by atoms with E-state index in [1.165, 1.54) is 33.8 Å². The van der Waals surface area contributed by atoms with Crippen LogP contribution in [-0.4, -0.2) is 35.2 Å². The fourth-order valence-corrected chi connectivity index (χ4v) is 3.93. The van der Waals surface area contributed by atoms with Crippen LogP contribution in [0.25, 0.3) is 0 Å². The highest BCUT2D eigenvalue weighted by atomic mass is 32.2. The van der Waals surface area contributed by atoms with Crippen LogP contribution in [0.2, 0.25) is 0 Å². The van der Waals surface area contributed by atoms with Gasteiger partial charge in [0.25, 0.3) is 0 Å². The van der Waals surface area contributed by atoms with Gasteiger partial charge in [-0.2, -0.15) is 0 Å². The molecule has 0 amide bonds. The van der Waals surface area contributed by atoms with E-state index in [9.17, 15) is 9.59 Å². The van der Waals surface area contributed by atoms with E-state index >= 15 is 0 Å². The van der Waals surface area contributed by atoms with Gasteiger partial charge in [-0.05, 0) is 62.5 Å². The van der Waals surface area contributed by atoms with Crippen LogP contribution in [0.5, 0.6) is 0 Å². The highest BCUT2D eigenvalue weighted by Gasteiger charge is 2.18. The minimum Gasteiger partial charge on any atom is -0.481 e. The Balaban J connectivity index is 0.000000321. The molecule has 0 aromatic heterocycles. The smallest absolute Gasteiger partial charge is 0.314 e. The number of piperidine rings is 1. The highest BCUT2D eigenvalue weighted by Crippen LogP contribution is 2.36. The van der Waals surface area contributed by atoms with E-state index in [4.69, 9.17) is 10.2 Å². The normalized spacial score (nSPS) is 14.1. The second-order valence-corrected chi connectivity index (χ2v) is 7.56. The summed E-state index contributed by atoms with van der Waals surface area (Å²) in [6.07, 6.45) is 1.71. The van der Waals surface area contributed by atoms with E-state index in [0.29, 0.717) is 5.92 Å². The Labute approximate surface area is 163 Å². The maximum Gasteiger partial charge on any atom is 0.314 e. The first-order valence-electron chi connectivity index (χ1n) is 8.93. The molecule has 0 saturated carbocycles. The topological polar surface area (TPSA) is 86.6 Å². The van der Waals surface area contributed by atoms with Crippen molar-refractivity contribution in [1.29, 1.82) is 0 Å². The van der Waals surface area contributed by atoms with Gasteiger partial charge in [0.05, 0.1) is 0 Å². The largest absolute Gasteiger partial charge is 0.481 e. The molecule has 1 saturated heterocycles. The maximum atomic E-state index is 9.43. The molecule has 0 spiro atoms. The molecule has 3 N–H and O–H groups in total. The summed E-state index contributed by atoms with van der Waals surface area (Å²) >= 11 is 1.90. The molecule has 2 aromatic rings. The number of carboxylic acids is 2. The van der Waals surface area contributed by atoms with Gasteiger partial charge in [-0.15, -0.1) is 0 Å². The number of hydrogen-bond acceptors (Lipinski definition) is 4. The minimum absolute atomic E-state index is 0.713. The Hall–Kier alpha value is -2.31. The molecule has 0 radical (unpaired) electrons. The Morgan fingerprint density at radius 2 is 1.59 bits per heavy atom. The minimum atomic E-state index is -1.31. The van der Waals surface area contributed by atoms with E-state index in [1.807, 2.05) is 11.8 Å². The van der Waals surface area contributed by atoms with Crippen LogP contribution in [0.1, 0.15) is 36.3 Å². The molecule has 27 heavy (non-hydrogen) atoms. The zero-order valence-corrected chi connectivity index (χ0v) is 16.2. The van der Waals surface area contributed by atoms with Crippen molar-refractivity contribution in [2.75, 3.05) is 13.1 Å². The molecule has 2 aromatic carbocycles. The maximum absolute atomic E-state index is 9.43. The van der Waals surface area contributed by atoms with Crippen molar-refractivity contribution in [3.05, 3.63) is 59.7 Å². The van der Waals surface area contributed by atoms with Gasteiger partial charge in [0.2, 0.25) is 0 Å². The van der Waals surface area contributed by atoms with Gasteiger partial charge < -0.3 is 15.5 Å². The van der Waals surface area contributed by atoms with E-state index in [0.717, 1.165) is 13.1 Å². The summed E-state index contributed by atoms with van der Waals surface area (Å²) in [4.78, 5) is 21.6. The van der Waals surface area contributed by atoms with E-state index < -0.39 is 18.4 Å². The summed E-state index contributed by atoms with van der Waals surface area (Å²) in [5.74, 6) is -1.91. The van der Waals surface area contributed by atoms with Gasteiger partial charge in [0, 0.05) is 9.79 Å². The zero-order valence-electron chi connectivity index (χ0n) is 15.4. The van der Waals surface area contributed by atoms with Gasteiger partial charge >= 0.3 is 11.9 Å². The van der Waals surface area contributed by atoms with Crippen LogP contribution >= 0.6 is 11.8 Å². The number of hydrogen-bond donors (Lipinski definition) is 3. The lowest BCUT2D eigenvalue weighted by molar-refractivity contribution is -0.147. The van der Waals surface area contributed by atoms with Crippen LogP contribution in [0, 0.1) is 6.92 Å². The second-order valence-electron chi connectivity index (χ2n) is 6.44. The first kappa shape index (κ1) is 21.0. The first-order chi connectivity index (χ1) is 13.0. The fourth-order valence-electron chi connectivity index (χ4n) is 2.91. The average Bonchev–Trinajstić information content (AvgIpc) is 2.64. The van der Waals surface area contributed by atoms with Gasteiger partial charge in [-0.1, -0.05) is 47.7 Å². The Morgan fingerprint density at radius 1 is 1.00 bits per heavy atom. The number of aryl methyl sites for hydroxylation is 1. The predicted molar refractivity (Wildman–Crippen MR) is 106 cm³/mol. The predicted octanol–water partition coefficient (Wildman–Crippen LogP) is 4.16. The first-order valence-corrected chi connectivity index (χ1v) is 9.75. The third-order valence-corrected chi connectivity index (χ3v) is 5.35. The summed E-state index contributed by atoms with van der Waals surface area (Å²) in [5.41, 5.74) is 2.85. The molecule has 6 heteroatoms. The van der Waals surface area contributed by atoms with E-state index in [2.05, 4.69) is 60.8 Å². The van der Waals surface area contributed by atoms with Crippen LogP contribution in [0.15, 0.2) is 58.3 Å². The molecule has 0 atom stereocenters. The van der Waals surface area contributed by atoms with Crippen LogP contribution < -0.4 is 5.32 Å². The van der Waals surface area contributed by atoms with Gasteiger partial charge in [-0.3, -0.25) is 9.59 Å². The van der Waals surface area contributed by atoms with Crippen molar-refractivity contribution >= 4 is 23.7 Å². The standard InChI is InChI=1S/C18H21NS.C3H4O4/c1-14-6-8-16(9-7-14)20-18-5-3-2-4-17(18)15-10-12-19-13-11-15;4-2(5)1-3(6)7/h2-9,15,19H,10-13H2,1H3;1H2,(H,4,5)(H,6,7). The Morgan fingerprint density at radius 3 is 2.15 bits per heavy atom. The van der Waals surface area contributed by atoms with Crippen molar-refractivity contribution in [1.82, 2.24) is 5.32 Å². The Kier molecular flexibility index (Phi) is 8.36. The molecule has 1 aliphatic rings. The molecule has 0 bridgehead atoms. The third kappa shape index (κ3) is 7.45. The number of rotatable bonds is 5. The summed E-state index contributed by atoms with van der Waals surface area (Å²) in [5, 5.41) is 18.9. The molecular weight excluding hydrogens is 362 g/mol. The Bertz CT molecular complexity index is 743. The SMILES string of the molecule is Cc1ccc(Sc2ccccc2C2CCNCC2)cc1.O=C(O)CC(=O)O. The van der Waals surface area contributed by atoms with Crippen LogP contribution in [0.4, 0.5) is 0 Å². The number of nitrogens with one attached hydrogen (secondary N) is 1. The lowest BCUT2D eigenvalue weighted by Crippen LogP contribution is -2.26. The summed E-state index contributed by atoms with van der Waals surface area (Å²) in [6.45, 7) is 4.43. The molecule has 5 nitrogen and oxygen atoms in total. The zero-order chi connectivity index (χ0) is 19.6. The van der Waals surface area contributed by atoms with Crippen LogP contribution in [-0.2, 0) is 9.59 Å². The molecule has 3 rings (SSSR count). The van der Waals surface area contributed by atoms with Crippen molar-refractivity contribution < 1.29 is 19.8 Å². The van der Waals surface area contributed by atoms with Gasteiger partial charge in [0.1, 0.15) is 6.42 Å². The molecule has 1 aliphatic heterocycles. The number of carboxylic acid groups (broad SMARTS) is 2. The van der Waals surface area contributed by atoms with Gasteiger partial charge in [0.15, 0.2) is 0 Å². The third-order valence-electron chi connectivity index (χ3n) is 4.25. The van der Waals surface area contributed by atoms with Gasteiger partial charge in [-0.25, -0.2) is 0 Å². The van der Waals surface area contributed by atoms with Crippen molar-refractivity contribution in [3.63, 3.8) is 0 Å². The number of aliphatic carboxylic acids is 2. The lowest BCUT2D eigenvalue weighted by atomic mass is 9.90. The van der Waals surface area contributed by atoms with Crippen molar-refractivity contribution in [2.24, 2.45) is 0 Å². The summed E-state index contributed by atoms with van der Waals surface area (Å²) in [6, 6.07) is 17.7. The van der Waals surface area contributed by atoms with E-state index in [1.54, 1.807) is 0 Å².